The number of carbonyl (C=O) groups excluding carboxylic acids is 2. The van der Waals surface area contributed by atoms with Gasteiger partial charge in [-0.05, 0) is 67.3 Å². The lowest BCUT2D eigenvalue weighted by atomic mass is 9.81. The number of anilines is 1. The maximum absolute atomic E-state index is 12.7. The summed E-state index contributed by atoms with van der Waals surface area (Å²) < 4.78 is 0. The Bertz CT molecular complexity index is 839. The summed E-state index contributed by atoms with van der Waals surface area (Å²) >= 11 is 0. The first-order valence-electron chi connectivity index (χ1n) is 9.88. The van der Waals surface area contributed by atoms with Crippen LogP contribution in [-0.2, 0) is 11.2 Å². The Labute approximate surface area is 160 Å². The van der Waals surface area contributed by atoms with Crippen LogP contribution in [-0.4, -0.2) is 24.4 Å². The summed E-state index contributed by atoms with van der Waals surface area (Å²) in [6.07, 6.45) is 5.10. The zero-order valence-corrected chi connectivity index (χ0v) is 15.8. The van der Waals surface area contributed by atoms with Crippen LogP contribution in [0, 0.1) is 0 Å². The van der Waals surface area contributed by atoms with Gasteiger partial charge < -0.3 is 10.2 Å². The van der Waals surface area contributed by atoms with Crippen molar-refractivity contribution < 1.29 is 9.59 Å². The minimum absolute atomic E-state index is 0.00207. The number of rotatable bonds is 3. The summed E-state index contributed by atoms with van der Waals surface area (Å²) in [5.74, 6) is 0.667. The van der Waals surface area contributed by atoms with Crippen LogP contribution in [0.2, 0.25) is 0 Å². The molecule has 0 bridgehead atoms. The van der Waals surface area contributed by atoms with Gasteiger partial charge in [-0.2, -0.15) is 0 Å². The van der Waals surface area contributed by atoms with E-state index in [2.05, 4.69) is 35.6 Å². The highest BCUT2D eigenvalue weighted by Crippen LogP contribution is 2.33. The first-order chi connectivity index (χ1) is 13.1. The van der Waals surface area contributed by atoms with Crippen LogP contribution in [0.15, 0.2) is 48.5 Å². The summed E-state index contributed by atoms with van der Waals surface area (Å²) in [5.41, 5.74) is 4.15. The van der Waals surface area contributed by atoms with Gasteiger partial charge in [0, 0.05) is 30.8 Å². The molecule has 2 amide bonds. The second kappa shape index (κ2) is 7.55. The van der Waals surface area contributed by atoms with E-state index in [1.54, 1.807) is 11.8 Å². The third-order valence-corrected chi connectivity index (χ3v) is 5.95. The van der Waals surface area contributed by atoms with E-state index in [1.807, 2.05) is 18.2 Å². The van der Waals surface area contributed by atoms with Crippen molar-refractivity contribution in [2.75, 3.05) is 11.4 Å². The number of hydrogen-bond donors (Lipinski definition) is 1. The van der Waals surface area contributed by atoms with Crippen molar-refractivity contribution >= 4 is 17.5 Å². The fourth-order valence-electron chi connectivity index (χ4n) is 4.44. The summed E-state index contributed by atoms with van der Waals surface area (Å²) in [6.45, 7) is 2.29. The Morgan fingerprint density at radius 2 is 1.74 bits per heavy atom. The first kappa shape index (κ1) is 17.8. The van der Waals surface area contributed by atoms with E-state index in [1.165, 1.54) is 5.56 Å². The number of benzene rings is 2. The minimum Gasteiger partial charge on any atom is -0.349 e. The van der Waals surface area contributed by atoms with Gasteiger partial charge in [0.2, 0.25) is 5.91 Å². The van der Waals surface area contributed by atoms with Crippen molar-refractivity contribution in [3.63, 3.8) is 0 Å². The molecule has 0 radical (unpaired) electrons. The predicted molar refractivity (Wildman–Crippen MR) is 107 cm³/mol. The van der Waals surface area contributed by atoms with Gasteiger partial charge >= 0.3 is 0 Å². The zero-order valence-electron chi connectivity index (χ0n) is 15.8. The second-order valence-corrected chi connectivity index (χ2v) is 7.70. The zero-order chi connectivity index (χ0) is 18.8. The number of amides is 2. The molecular formula is C23H26N2O2. The van der Waals surface area contributed by atoms with Gasteiger partial charge in [0.05, 0.1) is 0 Å². The van der Waals surface area contributed by atoms with E-state index in [0.717, 1.165) is 43.4 Å². The quantitative estimate of drug-likeness (QED) is 0.895. The topological polar surface area (TPSA) is 49.4 Å². The Morgan fingerprint density at radius 3 is 2.44 bits per heavy atom. The van der Waals surface area contributed by atoms with Gasteiger partial charge in [-0.1, -0.05) is 30.3 Å². The molecule has 1 saturated carbocycles. The number of nitrogens with one attached hydrogen (secondary N) is 1. The highest BCUT2D eigenvalue weighted by atomic mass is 16.2. The molecule has 2 aliphatic rings. The van der Waals surface area contributed by atoms with E-state index in [9.17, 15) is 9.59 Å². The number of hydrogen-bond acceptors (Lipinski definition) is 2. The predicted octanol–water partition coefficient (Wildman–Crippen LogP) is 4.05. The Morgan fingerprint density at radius 1 is 1.00 bits per heavy atom. The van der Waals surface area contributed by atoms with Gasteiger partial charge in [0.15, 0.2) is 0 Å². The first-order valence-corrected chi connectivity index (χ1v) is 9.88. The molecule has 0 aromatic heterocycles. The average molecular weight is 362 g/mol. The molecule has 4 nitrogen and oxygen atoms in total. The van der Waals surface area contributed by atoms with Gasteiger partial charge in [-0.3, -0.25) is 9.59 Å². The van der Waals surface area contributed by atoms with E-state index >= 15 is 0 Å². The summed E-state index contributed by atoms with van der Waals surface area (Å²) in [4.78, 5) is 26.1. The lowest BCUT2D eigenvalue weighted by Gasteiger charge is -2.29. The summed E-state index contributed by atoms with van der Waals surface area (Å²) in [7, 11) is 0. The van der Waals surface area contributed by atoms with Gasteiger partial charge in [-0.25, -0.2) is 0 Å². The molecule has 1 aliphatic carbocycles. The van der Waals surface area contributed by atoms with E-state index in [-0.39, 0.29) is 17.9 Å². The van der Waals surface area contributed by atoms with Crippen molar-refractivity contribution in [1.82, 2.24) is 5.32 Å². The van der Waals surface area contributed by atoms with Crippen molar-refractivity contribution in [3.05, 3.63) is 65.2 Å². The number of nitrogens with zero attached hydrogens (tertiary/aromatic N) is 1. The molecule has 2 aromatic carbocycles. The minimum atomic E-state index is 0.00207. The van der Waals surface area contributed by atoms with Crippen LogP contribution in [0.1, 0.15) is 60.0 Å². The van der Waals surface area contributed by atoms with Crippen molar-refractivity contribution in [3.8, 4) is 0 Å². The highest BCUT2D eigenvalue weighted by molar-refractivity contribution is 5.98. The van der Waals surface area contributed by atoms with Crippen LogP contribution in [0.25, 0.3) is 0 Å². The van der Waals surface area contributed by atoms with Crippen LogP contribution >= 0.6 is 0 Å². The number of carbonyl (C=O) groups is 2. The monoisotopic (exact) mass is 362 g/mol. The molecule has 0 atom stereocenters. The Balaban J connectivity index is 1.36. The second-order valence-electron chi connectivity index (χ2n) is 7.70. The Kier molecular flexibility index (Phi) is 4.97. The lowest BCUT2D eigenvalue weighted by molar-refractivity contribution is -0.116. The standard InChI is InChI=1S/C23H26N2O2/c1-16(26)25-14-13-19-15-20(9-12-22(19)25)23(27)24-21-10-7-18(8-11-21)17-5-3-2-4-6-17/h2-6,9,12,15,18,21H,7-8,10-11,13-14H2,1H3,(H,24,27). The van der Waals surface area contributed by atoms with Crippen molar-refractivity contribution in [1.29, 1.82) is 0 Å². The van der Waals surface area contributed by atoms with Crippen molar-refractivity contribution in [2.24, 2.45) is 0 Å². The van der Waals surface area contributed by atoms with Crippen molar-refractivity contribution in [2.45, 2.75) is 51.0 Å². The molecule has 27 heavy (non-hydrogen) atoms. The third kappa shape index (κ3) is 3.75. The molecule has 0 unspecified atom stereocenters. The number of fused-ring (bicyclic) bond motifs is 1. The van der Waals surface area contributed by atoms with Gasteiger partial charge in [-0.15, -0.1) is 0 Å². The summed E-state index contributed by atoms with van der Waals surface area (Å²) in [6, 6.07) is 16.6. The van der Waals surface area contributed by atoms with Gasteiger partial charge in [0.1, 0.15) is 0 Å². The van der Waals surface area contributed by atoms with Crippen LogP contribution < -0.4 is 10.2 Å². The maximum Gasteiger partial charge on any atom is 0.251 e. The molecular weight excluding hydrogens is 336 g/mol. The van der Waals surface area contributed by atoms with Gasteiger partial charge in [0.25, 0.3) is 5.91 Å². The average Bonchev–Trinajstić information content (AvgIpc) is 3.13. The van der Waals surface area contributed by atoms with Crippen LogP contribution in [0.3, 0.4) is 0 Å². The molecule has 1 N–H and O–H groups in total. The van der Waals surface area contributed by atoms with E-state index in [4.69, 9.17) is 0 Å². The maximum atomic E-state index is 12.7. The smallest absolute Gasteiger partial charge is 0.251 e. The molecule has 0 spiro atoms. The molecule has 4 rings (SSSR count). The third-order valence-electron chi connectivity index (χ3n) is 5.95. The molecule has 0 saturated heterocycles. The Hall–Kier alpha value is -2.62. The molecule has 2 aromatic rings. The van der Waals surface area contributed by atoms with Crippen LogP contribution in [0.5, 0.6) is 0 Å². The summed E-state index contributed by atoms with van der Waals surface area (Å²) in [5, 5.41) is 3.21. The SMILES string of the molecule is CC(=O)N1CCc2cc(C(=O)NC3CCC(c4ccccc4)CC3)ccc21. The highest BCUT2D eigenvalue weighted by Gasteiger charge is 2.26. The molecule has 1 aliphatic heterocycles. The molecule has 140 valence electrons. The van der Waals surface area contributed by atoms with Crippen LogP contribution in [0.4, 0.5) is 5.69 Å². The fourth-order valence-corrected chi connectivity index (χ4v) is 4.44. The lowest BCUT2D eigenvalue weighted by Crippen LogP contribution is -2.37. The normalized spacial score (nSPS) is 21.6. The fraction of sp³-hybridized carbons (Fsp3) is 0.391. The molecule has 1 fully saturated rings. The largest absolute Gasteiger partial charge is 0.349 e. The molecule has 4 heteroatoms. The molecule has 1 heterocycles. The van der Waals surface area contributed by atoms with E-state index < -0.39 is 0 Å². The van der Waals surface area contributed by atoms with E-state index in [0.29, 0.717) is 18.0 Å².